The van der Waals surface area contributed by atoms with Crippen molar-refractivity contribution in [3.8, 4) is 0 Å². The maximum absolute atomic E-state index is 11.5. The number of aliphatic carboxylic acids is 1. The Morgan fingerprint density at radius 2 is 1.02 bits per heavy atom. The average molecular weight is 775 g/mol. The fourth-order valence-corrected chi connectivity index (χ4v) is 5.15. The molecule has 18 heteroatoms. The minimum absolute atomic E-state index is 0.0872. The first-order valence-corrected chi connectivity index (χ1v) is 16.6. The number of aromatic nitrogens is 3. The lowest BCUT2D eigenvalue weighted by atomic mass is 10.0. The fourth-order valence-electron chi connectivity index (χ4n) is 5.15. The molecule has 0 bridgehead atoms. The quantitative estimate of drug-likeness (QED) is 0.0891. The summed E-state index contributed by atoms with van der Waals surface area (Å²) in [4.78, 5) is 80.5. The molecule has 0 saturated heterocycles. The van der Waals surface area contributed by atoms with E-state index in [9.17, 15) is 29.7 Å². The van der Waals surface area contributed by atoms with Gasteiger partial charge in [-0.25, -0.2) is 14.6 Å². The molecular weight excluding hydrogens is 740 g/mol. The third kappa shape index (κ3) is 13.5. The molecule has 4 N–H and O–H groups in total. The molecule has 1 aromatic heterocycles. The molecule has 290 valence electrons. The van der Waals surface area contributed by atoms with E-state index in [-0.39, 0.29) is 41.6 Å². The van der Waals surface area contributed by atoms with Crippen molar-refractivity contribution in [2.45, 2.75) is 40.5 Å². The third-order valence-electron chi connectivity index (χ3n) is 7.85. The van der Waals surface area contributed by atoms with E-state index in [4.69, 9.17) is 24.2 Å². The van der Waals surface area contributed by atoms with Gasteiger partial charge >= 0.3 is 30.2 Å². The number of carbonyl (C=O) groups is 3. The molecule has 5 rings (SSSR count). The molecule has 0 amide bonds. The van der Waals surface area contributed by atoms with Crippen LogP contribution in [0.25, 0.3) is 0 Å². The Hall–Kier alpha value is -7.94. The minimum Gasteiger partial charge on any atom is -0.480 e. The van der Waals surface area contributed by atoms with E-state index in [2.05, 4.69) is 35.7 Å². The van der Waals surface area contributed by atoms with E-state index < -0.39 is 17.9 Å². The van der Waals surface area contributed by atoms with E-state index in [1.54, 1.807) is 0 Å². The van der Waals surface area contributed by atoms with E-state index in [0.29, 0.717) is 30.2 Å². The molecule has 0 saturated carbocycles. The van der Waals surface area contributed by atoms with Crippen LogP contribution in [0.3, 0.4) is 0 Å². The number of carboxylic acids is 3. The summed E-state index contributed by atoms with van der Waals surface area (Å²) in [5, 5.41) is 47.9. The number of aromatic carboxylic acids is 2. The molecule has 0 aliphatic carbocycles. The normalized spacial score (nSPS) is 10.4. The van der Waals surface area contributed by atoms with Crippen LogP contribution in [0.5, 0.6) is 0 Å². The number of rotatable bonds is 13. The van der Waals surface area contributed by atoms with Gasteiger partial charge in [-0.1, -0.05) is 30.3 Å². The fraction of sp³-hybridized carbons (Fsp3) is 0.179. The van der Waals surface area contributed by atoms with E-state index in [0.717, 1.165) is 50.8 Å². The Labute approximate surface area is 324 Å². The van der Waals surface area contributed by atoms with Gasteiger partial charge < -0.3 is 20.6 Å². The van der Waals surface area contributed by atoms with Crippen molar-refractivity contribution in [2.24, 2.45) is 20.5 Å². The van der Waals surface area contributed by atoms with Crippen molar-refractivity contribution in [1.82, 2.24) is 15.0 Å². The number of nitrogens with one attached hydrogen (secondary N) is 1. The predicted molar refractivity (Wildman–Crippen MR) is 199 cm³/mol. The second-order valence-corrected chi connectivity index (χ2v) is 12.0. The molecule has 57 heavy (non-hydrogen) atoms. The van der Waals surface area contributed by atoms with Crippen molar-refractivity contribution in [3.05, 3.63) is 129 Å². The maximum Gasteiger partial charge on any atom is 0.373 e. The van der Waals surface area contributed by atoms with Crippen molar-refractivity contribution in [2.75, 3.05) is 11.9 Å². The Morgan fingerprint density at radius 3 is 1.44 bits per heavy atom. The Morgan fingerprint density at radius 1 is 0.579 bits per heavy atom. The average Bonchev–Trinajstić information content (AvgIpc) is 3.16. The molecule has 5 aromatic rings. The molecule has 0 unspecified atom stereocenters. The number of carbonyl (C=O) groups excluding carboxylic acids is 4. The van der Waals surface area contributed by atoms with Crippen LogP contribution in [0.1, 0.15) is 65.7 Å². The Balaban J connectivity index is 0.00000136. The monoisotopic (exact) mass is 774 g/mol. The van der Waals surface area contributed by atoms with Gasteiger partial charge in [-0.2, -0.15) is 49.6 Å². The van der Waals surface area contributed by atoms with Gasteiger partial charge in [0.15, 0.2) is 0 Å². The summed E-state index contributed by atoms with van der Waals surface area (Å²) in [6.45, 7) is 7.27. The first-order valence-electron chi connectivity index (χ1n) is 16.6. The second-order valence-electron chi connectivity index (χ2n) is 12.0. The summed E-state index contributed by atoms with van der Waals surface area (Å²) in [5.74, 6) is -2.59. The summed E-state index contributed by atoms with van der Waals surface area (Å²) in [5.41, 5.74) is 7.00. The summed E-state index contributed by atoms with van der Waals surface area (Å²) < 4.78 is 0. The van der Waals surface area contributed by atoms with Crippen LogP contribution in [0, 0.1) is 27.7 Å². The molecule has 0 radical (unpaired) electrons. The van der Waals surface area contributed by atoms with Gasteiger partial charge in [0.25, 0.3) is 0 Å². The summed E-state index contributed by atoms with van der Waals surface area (Å²) >= 11 is 0. The van der Waals surface area contributed by atoms with E-state index in [1.165, 1.54) is 12.1 Å². The molecule has 0 fully saturated rings. The Kier molecular flexibility index (Phi) is 16.1. The van der Waals surface area contributed by atoms with Gasteiger partial charge in [0, 0.05) is 12.8 Å². The second kappa shape index (κ2) is 21.1. The molecule has 1 heterocycles. The van der Waals surface area contributed by atoms with Crippen LogP contribution in [-0.4, -0.2) is 67.0 Å². The molecule has 0 atom stereocenters. The molecule has 4 aromatic carbocycles. The lowest BCUT2D eigenvalue weighted by molar-refractivity contribution is -0.193. The minimum atomic E-state index is -1.28. The van der Waals surface area contributed by atoms with Crippen LogP contribution in [0.4, 0.5) is 28.7 Å². The largest absolute Gasteiger partial charge is 0.480 e. The van der Waals surface area contributed by atoms with Crippen LogP contribution in [0.15, 0.2) is 93.3 Å². The molecule has 18 nitrogen and oxygen atoms in total. The predicted octanol–water partition coefficient (Wildman–Crippen LogP) is 6.84. The highest BCUT2D eigenvalue weighted by molar-refractivity contribution is 5.95. The van der Waals surface area contributed by atoms with Crippen molar-refractivity contribution in [1.29, 1.82) is 0 Å². The van der Waals surface area contributed by atoms with Crippen LogP contribution in [-0.2, 0) is 36.8 Å². The van der Waals surface area contributed by atoms with E-state index in [1.807, 2.05) is 82.3 Å². The summed E-state index contributed by atoms with van der Waals surface area (Å²) in [6.07, 6.45) is 1.17. The number of nitrogens with zero attached hydrogens (tertiary/aromatic N) is 7. The highest BCUT2D eigenvalue weighted by Gasteiger charge is 2.15. The van der Waals surface area contributed by atoms with Crippen molar-refractivity contribution in [3.63, 3.8) is 0 Å². The number of azo groups is 2. The van der Waals surface area contributed by atoms with Crippen LogP contribution >= 0.6 is 0 Å². The number of hydrogen-bond donors (Lipinski definition) is 4. The number of anilines is 1. The van der Waals surface area contributed by atoms with Gasteiger partial charge in [0.1, 0.15) is 18.2 Å². The lowest BCUT2D eigenvalue weighted by Gasteiger charge is -2.13. The Bertz CT molecular complexity index is 2360. The molecular formula is C39H34N8O10. The van der Waals surface area contributed by atoms with Gasteiger partial charge in [-0.05, 0) is 104 Å². The van der Waals surface area contributed by atoms with Crippen LogP contribution < -0.4 is 5.32 Å². The lowest BCUT2D eigenvalue weighted by Crippen LogP contribution is -2.17. The van der Waals surface area contributed by atoms with E-state index >= 15 is 0 Å². The van der Waals surface area contributed by atoms with Crippen LogP contribution in [0.2, 0.25) is 0 Å². The highest BCUT2D eigenvalue weighted by atomic mass is 16.4. The highest BCUT2D eigenvalue weighted by Crippen LogP contribution is 2.29. The summed E-state index contributed by atoms with van der Waals surface area (Å²) in [6, 6.07) is 20.7. The van der Waals surface area contributed by atoms with Gasteiger partial charge in [0.2, 0.25) is 5.95 Å². The zero-order chi connectivity index (χ0) is 42.1. The zero-order valence-corrected chi connectivity index (χ0v) is 30.9. The van der Waals surface area contributed by atoms with Crippen molar-refractivity contribution < 1.29 is 48.9 Å². The molecule has 0 aliphatic rings. The standard InChI is InChI=1S/C37H34N8O6.2CO2/c1-20-12-30(44-42-28-8-6-5-7-9-28)22(3)10-24(20)17-32-39-33(41-37(40-32)38-19-34(46)47)18-25-11-23(4)31(13-21(25)2)45-43-29-15-26(35(48)49)14-27(16-29)36(50)51;2*2-1-3/h5-16H,17-19H2,1-4H3,(H,46,47)(H,48,49)(H,50,51)(H,38,39,40,41);;. The number of benzene rings is 4. The summed E-state index contributed by atoms with van der Waals surface area (Å²) in [7, 11) is 0. The topological polar surface area (TPSA) is 280 Å². The third-order valence-corrected chi connectivity index (χ3v) is 7.85. The van der Waals surface area contributed by atoms with Gasteiger partial charge in [-0.15, -0.1) is 0 Å². The first-order chi connectivity index (χ1) is 27.2. The number of aryl methyl sites for hydroxylation is 4. The number of hydrogen-bond acceptors (Lipinski definition) is 15. The van der Waals surface area contributed by atoms with Crippen molar-refractivity contribution >= 4 is 58.9 Å². The van der Waals surface area contributed by atoms with Gasteiger partial charge in [0.05, 0.1) is 33.9 Å². The molecule has 0 spiro atoms. The number of carboxylic acid groups (broad SMARTS) is 3. The smallest absolute Gasteiger partial charge is 0.373 e. The molecule has 0 aliphatic heterocycles. The SMILES string of the molecule is Cc1cc(N=Nc2ccccc2)c(C)cc1Cc1nc(Cc2cc(C)c(N=Nc3cc(C(=O)O)cc(C(=O)O)c3)cc2C)nc(NCC(=O)O)n1.O=C=O.O=C=O. The maximum atomic E-state index is 11.5. The zero-order valence-electron chi connectivity index (χ0n) is 30.9. The first kappa shape index (κ1) is 43.5. The van der Waals surface area contributed by atoms with Gasteiger partial charge in [-0.3, -0.25) is 4.79 Å².